The largest absolute Gasteiger partial charge is 0.333 e. The van der Waals surface area contributed by atoms with Crippen LogP contribution in [0.1, 0.15) is 185 Å². The number of hydrogen-bond donors (Lipinski definition) is 0. The molecule has 0 aromatic carbocycles. The van der Waals surface area contributed by atoms with E-state index in [0.717, 1.165) is 27.4 Å². The van der Waals surface area contributed by atoms with Crippen LogP contribution < -0.4 is 0 Å². The second kappa shape index (κ2) is 23.5. The Morgan fingerprint density at radius 2 is 0.833 bits per heavy atom. The summed E-state index contributed by atoms with van der Waals surface area (Å²) in [6.07, 6.45) is 12.4. The van der Waals surface area contributed by atoms with Gasteiger partial charge in [-0.2, -0.15) is 63.1 Å². The van der Waals surface area contributed by atoms with Crippen molar-refractivity contribution in [3.8, 4) is 0 Å². The zero-order valence-electron chi connectivity index (χ0n) is 43.7. The van der Waals surface area contributed by atoms with Gasteiger partial charge in [-0.1, -0.05) is 125 Å². The first-order valence-corrected chi connectivity index (χ1v) is 21.8. The molecule has 0 aliphatic carbocycles. The molecule has 0 saturated heterocycles. The number of halogens is 5. The maximum Gasteiger partial charge on any atom is 0.333 e. The molecule has 0 fully saturated rings. The lowest BCUT2D eigenvalue weighted by atomic mass is 9.90. The van der Waals surface area contributed by atoms with E-state index in [1.165, 1.54) is 31.1 Å². The summed E-state index contributed by atoms with van der Waals surface area (Å²) in [7, 11) is 5.71. The van der Waals surface area contributed by atoms with Crippen LogP contribution in [0.2, 0.25) is 0 Å². The Bertz CT molecular complexity index is 2010. The summed E-state index contributed by atoms with van der Waals surface area (Å²) < 4.78 is 66.0. The van der Waals surface area contributed by atoms with Crippen LogP contribution in [0.4, 0.5) is 22.0 Å². The fourth-order valence-corrected chi connectivity index (χ4v) is 4.78. The summed E-state index contributed by atoms with van der Waals surface area (Å²) in [5.74, 6) is 0. The third-order valence-corrected chi connectivity index (χ3v) is 9.26. The van der Waals surface area contributed by atoms with E-state index in [1.54, 1.807) is 23.3 Å². The van der Waals surface area contributed by atoms with Gasteiger partial charge in [0.25, 0.3) is 0 Å². The van der Waals surface area contributed by atoms with Gasteiger partial charge < -0.3 is 0 Å². The summed E-state index contributed by atoms with van der Waals surface area (Å²) in [6.45, 7) is 33.5. The van der Waals surface area contributed by atoms with E-state index in [2.05, 4.69) is 115 Å². The van der Waals surface area contributed by atoms with Crippen LogP contribution in [0.5, 0.6) is 0 Å². The van der Waals surface area contributed by atoms with Crippen molar-refractivity contribution in [2.75, 3.05) is 0 Å². The van der Waals surface area contributed by atoms with Crippen molar-refractivity contribution in [3.63, 3.8) is 0 Å². The fourth-order valence-electron chi connectivity index (χ4n) is 4.78. The minimum atomic E-state index is -2.54. The van der Waals surface area contributed by atoms with Gasteiger partial charge in [0.2, 0.25) is 6.30 Å². The molecular formula is C47H79F5N14. The number of nitrogens with zero attached hydrogens (tertiary/aromatic N) is 14. The van der Waals surface area contributed by atoms with Gasteiger partial charge >= 0.3 is 13.1 Å². The molecule has 6 rings (SSSR count). The van der Waals surface area contributed by atoms with Gasteiger partial charge in [-0.25, -0.2) is 13.8 Å². The first kappa shape index (κ1) is 58.8. The molecule has 0 spiro atoms. The Morgan fingerprint density at radius 1 is 0.409 bits per heavy atom. The molecule has 19 heteroatoms. The molecule has 66 heavy (non-hydrogen) atoms. The predicted octanol–water partition coefficient (Wildman–Crippen LogP) is 11.8. The molecule has 6 aromatic rings. The first-order valence-electron chi connectivity index (χ1n) is 21.8. The van der Waals surface area contributed by atoms with E-state index in [0.29, 0.717) is 15.1 Å². The molecule has 0 aliphatic rings. The quantitative estimate of drug-likeness (QED) is 0.160. The smallest absolute Gasteiger partial charge is 0.276 e. The Labute approximate surface area is 390 Å². The van der Waals surface area contributed by atoms with Crippen molar-refractivity contribution in [2.24, 2.45) is 21.1 Å². The highest BCUT2D eigenvalue weighted by atomic mass is 19.3. The molecule has 0 aliphatic heterocycles. The standard InChI is InChI=1S/2C8H12F2N2.C8H14FN3.2C8H14N2.C7H13N3/c1-8(2,3)6-4-11-12(5-6)7(9)10;1-8(2,3)6-4-5-12(11-6)7(9)10;1-6(9)12-10-5-7(11-12)8(2,3)4;1-8(2,3)7-5-9-10(4)6-7;1-8(2,3)7-5-6-10(4)9-7;1-7(2,3)6-5-8-10(4)9-6/h2*4-5,7H,1-3H3;5-6H,1-4H3;2*5-6H,1-4H3;5H,1-4H3. The molecule has 6 aromatic heterocycles. The zero-order valence-corrected chi connectivity index (χ0v) is 43.7. The van der Waals surface area contributed by atoms with Gasteiger partial charge in [0.1, 0.15) is 0 Å². The van der Waals surface area contributed by atoms with E-state index in [9.17, 15) is 22.0 Å². The van der Waals surface area contributed by atoms with Gasteiger partial charge in [0, 0.05) is 67.6 Å². The van der Waals surface area contributed by atoms with Crippen molar-refractivity contribution >= 4 is 0 Å². The maximum atomic E-state index is 12.7. The molecule has 0 amide bonds. The molecule has 0 radical (unpaired) electrons. The third kappa shape index (κ3) is 20.9. The molecule has 0 bridgehead atoms. The summed E-state index contributed by atoms with van der Waals surface area (Å²) in [6, 6.07) is 3.67. The fraction of sp³-hybridized carbons (Fsp3) is 0.660. The van der Waals surface area contributed by atoms with Gasteiger partial charge in [-0.05, 0) is 41.0 Å². The number of alkyl halides is 5. The second-order valence-corrected chi connectivity index (χ2v) is 22.1. The van der Waals surface area contributed by atoms with Gasteiger partial charge in [0.05, 0.1) is 47.6 Å². The molecule has 1 atom stereocenters. The van der Waals surface area contributed by atoms with Crippen LogP contribution in [-0.2, 0) is 53.6 Å². The molecule has 1 unspecified atom stereocenters. The molecular weight excluding hydrogens is 856 g/mol. The van der Waals surface area contributed by atoms with E-state index in [1.807, 2.05) is 105 Å². The minimum absolute atomic E-state index is 0.0624. The first-order chi connectivity index (χ1) is 29.7. The van der Waals surface area contributed by atoms with E-state index < -0.39 is 19.4 Å². The number of aromatic nitrogens is 14. The van der Waals surface area contributed by atoms with Crippen LogP contribution in [0.25, 0.3) is 0 Å². The summed E-state index contributed by atoms with van der Waals surface area (Å²) in [5.41, 5.74) is 5.97. The SMILES string of the molecule is CC(C)(C)c1ccn(C(F)F)n1.CC(C)(C)c1cnn(C(F)F)c1.CC(F)n1ncc(C(C)(C)C)n1.Cn1cc(C(C)(C)C)cn1.Cn1ccc(C(C)(C)C)n1.Cn1ncc(C(C)(C)C)n1. The monoisotopic (exact) mass is 935 g/mol. The normalized spacial score (nSPS) is 12.7. The van der Waals surface area contributed by atoms with Crippen molar-refractivity contribution in [3.05, 3.63) is 95.6 Å². The molecule has 14 nitrogen and oxygen atoms in total. The molecule has 0 saturated carbocycles. The Balaban J connectivity index is 0.000000397. The van der Waals surface area contributed by atoms with E-state index in [4.69, 9.17) is 0 Å². The van der Waals surface area contributed by atoms with Crippen LogP contribution in [0.15, 0.2) is 61.7 Å². The van der Waals surface area contributed by atoms with Crippen LogP contribution in [0.3, 0.4) is 0 Å². The van der Waals surface area contributed by atoms with Crippen LogP contribution in [-0.4, -0.2) is 69.1 Å². The van der Waals surface area contributed by atoms with Gasteiger partial charge in [-0.3, -0.25) is 9.36 Å². The number of rotatable bonds is 3. The average molecular weight is 935 g/mol. The number of aryl methyl sites for hydroxylation is 3. The number of hydrogen-bond acceptors (Lipinski definition) is 8. The average Bonchev–Trinajstić information content (AvgIpc) is 3.98. The highest BCUT2D eigenvalue weighted by molar-refractivity contribution is 5.16. The van der Waals surface area contributed by atoms with Crippen molar-refractivity contribution < 1.29 is 22.0 Å². The van der Waals surface area contributed by atoms with E-state index >= 15 is 0 Å². The summed E-state index contributed by atoms with van der Waals surface area (Å²) >= 11 is 0. The molecule has 372 valence electrons. The van der Waals surface area contributed by atoms with Crippen molar-refractivity contribution in [2.45, 2.75) is 183 Å². The lowest BCUT2D eigenvalue weighted by Gasteiger charge is -2.14. The lowest BCUT2D eigenvalue weighted by molar-refractivity contribution is 0.0556. The predicted molar refractivity (Wildman–Crippen MR) is 252 cm³/mol. The second-order valence-electron chi connectivity index (χ2n) is 22.1. The Morgan fingerprint density at radius 3 is 1.06 bits per heavy atom. The minimum Gasteiger partial charge on any atom is -0.276 e. The zero-order chi connectivity index (χ0) is 51.4. The third-order valence-electron chi connectivity index (χ3n) is 9.26. The van der Waals surface area contributed by atoms with Gasteiger partial charge in [-0.15, -0.1) is 4.80 Å². The lowest BCUT2D eigenvalue weighted by Crippen LogP contribution is -2.13. The van der Waals surface area contributed by atoms with Crippen molar-refractivity contribution in [1.82, 2.24) is 69.1 Å². The van der Waals surface area contributed by atoms with Crippen molar-refractivity contribution in [1.29, 1.82) is 0 Å². The maximum absolute atomic E-state index is 12.7. The van der Waals surface area contributed by atoms with Crippen LogP contribution >= 0.6 is 0 Å². The molecule has 6 heterocycles. The van der Waals surface area contributed by atoms with Gasteiger partial charge in [0.15, 0.2) is 0 Å². The Kier molecular flexibility index (Phi) is 20.9. The van der Waals surface area contributed by atoms with Crippen LogP contribution in [0, 0.1) is 0 Å². The topological polar surface area (TPSA) is 133 Å². The summed E-state index contributed by atoms with van der Waals surface area (Å²) in [4.78, 5) is 2.67. The highest BCUT2D eigenvalue weighted by Gasteiger charge is 2.21. The highest BCUT2D eigenvalue weighted by Crippen LogP contribution is 2.25. The molecule has 0 N–H and O–H groups in total. The summed E-state index contributed by atoms with van der Waals surface area (Å²) in [5, 5.41) is 31.7. The Hall–Kier alpha value is -5.23. The van der Waals surface area contributed by atoms with E-state index in [-0.39, 0.29) is 32.5 Å².